The third-order valence-electron chi connectivity index (χ3n) is 3.67. The fraction of sp³-hybridized carbons (Fsp3) is 0.263. The summed E-state index contributed by atoms with van der Waals surface area (Å²) in [5, 5.41) is 16.3. The molecule has 0 radical (unpaired) electrons. The van der Waals surface area contributed by atoms with Crippen molar-refractivity contribution in [3.63, 3.8) is 0 Å². The van der Waals surface area contributed by atoms with Gasteiger partial charge in [-0.1, -0.05) is 25.5 Å². The first-order valence-electron chi connectivity index (χ1n) is 8.55. The summed E-state index contributed by atoms with van der Waals surface area (Å²) >= 11 is 0. The number of hydrogen-bond donors (Lipinski definition) is 2. The Kier molecular flexibility index (Phi) is 7.30. The second-order valence-corrected chi connectivity index (χ2v) is 5.75. The number of carbonyl (C=O) groups excluding carboxylic acids is 2. The topological polar surface area (TPSA) is 111 Å². The summed E-state index contributed by atoms with van der Waals surface area (Å²) in [4.78, 5) is 34.2. The van der Waals surface area contributed by atoms with Crippen molar-refractivity contribution in [1.29, 1.82) is 0 Å². The first-order chi connectivity index (χ1) is 13.0. The standard InChI is InChI=1S/C19H21N3O5/c1-2-3-12-20-19(24)14-8-10-15(11-9-14)21-18(23)13-27-17-7-5-4-6-16(17)22(25)26/h4-11H,2-3,12-13H2,1H3,(H,20,24)(H,21,23). The lowest BCUT2D eigenvalue weighted by Crippen LogP contribution is -2.24. The molecule has 0 aliphatic heterocycles. The highest BCUT2D eigenvalue weighted by atomic mass is 16.6. The number of nitro groups is 1. The lowest BCUT2D eigenvalue weighted by atomic mass is 10.2. The molecule has 0 saturated heterocycles. The number of nitro benzene ring substituents is 1. The van der Waals surface area contributed by atoms with Gasteiger partial charge in [-0.05, 0) is 36.8 Å². The van der Waals surface area contributed by atoms with Crippen LogP contribution in [0.2, 0.25) is 0 Å². The fourth-order valence-electron chi connectivity index (χ4n) is 2.26. The summed E-state index contributed by atoms with van der Waals surface area (Å²) < 4.78 is 5.23. The Morgan fingerprint density at radius 3 is 2.48 bits per heavy atom. The summed E-state index contributed by atoms with van der Waals surface area (Å²) in [6, 6.07) is 12.3. The molecule has 2 aromatic rings. The normalized spacial score (nSPS) is 10.1. The second-order valence-electron chi connectivity index (χ2n) is 5.75. The first kappa shape index (κ1) is 19.9. The summed E-state index contributed by atoms with van der Waals surface area (Å²) in [6.45, 7) is 2.30. The summed E-state index contributed by atoms with van der Waals surface area (Å²) in [7, 11) is 0. The van der Waals surface area contributed by atoms with Gasteiger partial charge in [0.05, 0.1) is 4.92 Å². The summed E-state index contributed by atoms with van der Waals surface area (Å²) in [6.07, 6.45) is 1.92. The lowest BCUT2D eigenvalue weighted by molar-refractivity contribution is -0.385. The van der Waals surface area contributed by atoms with Crippen molar-refractivity contribution in [2.45, 2.75) is 19.8 Å². The number of unbranched alkanes of at least 4 members (excludes halogenated alkanes) is 1. The van der Waals surface area contributed by atoms with Crippen LogP contribution in [-0.2, 0) is 4.79 Å². The van der Waals surface area contributed by atoms with E-state index in [-0.39, 0.29) is 24.0 Å². The van der Waals surface area contributed by atoms with Crippen LogP contribution in [0.1, 0.15) is 30.1 Å². The predicted molar refractivity (Wildman–Crippen MR) is 101 cm³/mol. The maximum absolute atomic E-state index is 12.0. The van der Waals surface area contributed by atoms with E-state index in [0.717, 1.165) is 12.8 Å². The molecule has 0 atom stereocenters. The van der Waals surface area contributed by atoms with Gasteiger partial charge in [0.25, 0.3) is 11.8 Å². The molecule has 0 unspecified atom stereocenters. The van der Waals surface area contributed by atoms with E-state index in [4.69, 9.17) is 4.74 Å². The average Bonchev–Trinajstić information content (AvgIpc) is 2.67. The number of para-hydroxylation sites is 2. The number of hydrogen-bond acceptors (Lipinski definition) is 5. The van der Waals surface area contributed by atoms with E-state index in [1.165, 1.54) is 18.2 Å². The van der Waals surface area contributed by atoms with Gasteiger partial charge in [-0.3, -0.25) is 19.7 Å². The number of rotatable bonds is 9. The Labute approximate surface area is 156 Å². The van der Waals surface area contributed by atoms with Crippen LogP contribution < -0.4 is 15.4 Å². The molecule has 0 aliphatic carbocycles. The first-order valence-corrected chi connectivity index (χ1v) is 8.55. The fourth-order valence-corrected chi connectivity index (χ4v) is 2.26. The van der Waals surface area contributed by atoms with Gasteiger partial charge in [0.2, 0.25) is 0 Å². The molecule has 0 heterocycles. The van der Waals surface area contributed by atoms with E-state index in [0.29, 0.717) is 17.8 Å². The molecule has 0 spiro atoms. The molecule has 8 nitrogen and oxygen atoms in total. The van der Waals surface area contributed by atoms with Gasteiger partial charge in [0, 0.05) is 23.9 Å². The van der Waals surface area contributed by atoms with Crippen LogP contribution in [-0.4, -0.2) is 29.9 Å². The number of nitrogens with zero attached hydrogens (tertiary/aromatic N) is 1. The number of amides is 2. The second kappa shape index (κ2) is 9.91. The predicted octanol–water partition coefficient (Wildman–Crippen LogP) is 3.14. The highest BCUT2D eigenvalue weighted by molar-refractivity contribution is 5.96. The van der Waals surface area contributed by atoms with Crippen molar-refractivity contribution in [3.05, 3.63) is 64.2 Å². The molecule has 0 fully saturated rings. The minimum atomic E-state index is -0.572. The van der Waals surface area contributed by atoms with Crippen molar-refractivity contribution < 1.29 is 19.2 Å². The smallest absolute Gasteiger partial charge is 0.310 e. The molecule has 2 N–H and O–H groups in total. The molecule has 142 valence electrons. The van der Waals surface area contributed by atoms with E-state index < -0.39 is 10.8 Å². The van der Waals surface area contributed by atoms with Gasteiger partial charge in [0.15, 0.2) is 12.4 Å². The lowest BCUT2D eigenvalue weighted by Gasteiger charge is -2.09. The van der Waals surface area contributed by atoms with E-state index >= 15 is 0 Å². The molecule has 27 heavy (non-hydrogen) atoms. The number of ether oxygens (including phenoxy) is 1. The van der Waals surface area contributed by atoms with Crippen molar-refractivity contribution in [3.8, 4) is 5.75 Å². The number of nitrogens with one attached hydrogen (secondary N) is 2. The van der Waals surface area contributed by atoms with Gasteiger partial charge >= 0.3 is 5.69 Å². The van der Waals surface area contributed by atoms with Gasteiger partial charge in [-0.2, -0.15) is 0 Å². The van der Waals surface area contributed by atoms with Crippen LogP contribution in [0.15, 0.2) is 48.5 Å². The third kappa shape index (κ3) is 6.10. The monoisotopic (exact) mass is 371 g/mol. The largest absolute Gasteiger partial charge is 0.477 e. The Morgan fingerprint density at radius 2 is 1.81 bits per heavy atom. The Bertz CT molecular complexity index is 805. The molecular weight excluding hydrogens is 350 g/mol. The zero-order chi connectivity index (χ0) is 19.6. The molecule has 2 amide bonds. The van der Waals surface area contributed by atoms with Crippen LogP contribution in [0.25, 0.3) is 0 Å². The van der Waals surface area contributed by atoms with Crippen molar-refractivity contribution in [2.24, 2.45) is 0 Å². The zero-order valence-electron chi connectivity index (χ0n) is 14.9. The van der Waals surface area contributed by atoms with Crippen LogP contribution in [0.3, 0.4) is 0 Å². The summed E-state index contributed by atoms with van der Waals surface area (Å²) in [5.41, 5.74) is 0.792. The molecule has 2 rings (SSSR count). The minimum absolute atomic E-state index is 0.0248. The molecular formula is C19H21N3O5. The molecule has 0 bridgehead atoms. The number of carbonyl (C=O) groups is 2. The highest BCUT2D eigenvalue weighted by Crippen LogP contribution is 2.25. The Balaban J connectivity index is 1.87. The molecule has 2 aromatic carbocycles. The van der Waals surface area contributed by atoms with Crippen molar-refractivity contribution in [1.82, 2.24) is 5.32 Å². The highest BCUT2D eigenvalue weighted by Gasteiger charge is 2.15. The minimum Gasteiger partial charge on any atom is -0.477 e. The van der Waals surface area contributed by atoms with Gasteiger partial charge in [-0.25, -0.2) is 0 Å². The summed E-state index contributed by atoms with van der Waals surface area (Å²) in [5.74, 6) is -0.605. The third-order valence-corrected chi connectivity index (χ3v) is 3.67. The van der Waals surface area contributed by atoms with E-state index in [1.54, 1.807) is 30.3 Å². The maximum atomic E-state index is 12.0. The SMILES string of the molecule is CCCCNC(=O)c1ccc(NC(=O)COc2ccccc2[N+](=O)[O-])cc1. The molecule has 0 aromatic heterocycles. The van der Waals surface area contributed by atoms with Crippen molar-refractivity contribution in [2.75, 3.05) is 18.5 Å². The molecule has 8 heteroatoms. The van der Waals surface area contributed by atoms with Crippen molar-refractivity contribution >= 4 is 23.2 Å². The van der Waals surface area contributed by atoms with Gasteiger partial charge in [-0.15, -0.1) is 0 Å². The zero-order valence-corrected chi connectivity index (χ0v) is 14.9. The van der Waals surface area contributed by atoms with E-state index in [2.05, 4.69) is 10.6 Å². The van der Waals surface area contributed by atoms with E-state index in [1.807, 2.05) is 6.92 Å². The maximum Gasteiger partial charge on any atom is 0.310 e. The molecule has 0 aliphatic rings. The Morgan fingerprint density at radius 1 is 1.11 bits per heavy atom. The Hall–Kier alpha value is -3.42. The van der Waals surface area contributed by atoms with Crippen LogP contribution in [0.4, 0.5) is 11.4 Å². The number of anilines is 1. The van der Waals surface area contributed by atoms with Gasteiger partial charge in [0.1, 0.15) is 0 Å². The van der Waals surface area contributed by atoms with Crippen LogP contribution in [0, 0.1) is 10.1 Å². The van der Waals surface area contributed by atoms with Gasteiger partial charge < -0.3 is 15.4 Å². The van der Waals surface area contributed by atoms with Crippen LogP contribution >= 0.6 is 0 Å². The number of benzene rings is 2. The van der Waals surface area contributed by atoms with Crippen LogP contribution in [0.5, 0.6) is 5.75 Å². The average molecular weight is 371 g/mol. The quantitative estimate of drug-likeness (QED) is 0.400. The molecule has 0 saturated carbocycles. The van der Waals surface area contributed by atoms with E-state index in [9.17, 15) is 19.7 Å².